The molecule has 0 aromatic carbocycles. The largest absolute Gasteiger partial charge is 0.462 e. The van der Waals surface area contributed by atoms with Crippen LogP contribution in [0, 0.1) is 0 Å². The number of aliphatic imine (C=N–C) groups is 2. The van der Waals surface area contributed by atoms with Gasteiger partial charge in [0.25, 0.3) is 0 Å². The van der Waals surface area contributed by atoms with Crippen LogP contribution in [-0.2, 0) is 38.1 Å². The molecular formula is C46H72Cl2F2N6O9. The number of hydrogen-bond donors (Lipinski definition) is 3. The lowest BCUT2D eigenvalue weighted by Gasteiger charge is -2.32. The first-order valence-corrected chi connectivity index (χ1v) is 24.1. The summed E-state index contributed by atoms with van der Waals surface area (Å²) in [5.41, 5.74) is 8.20. The van der Waals surface area contributed by atoms with Crippen molar-refractivity contribution in [3.05, 3.63) is 49.4 Å². The molecule has 65 heavy (non-hydrogen) atoms. The second kappa shape index (κ2) is 28.4. The van der Waals surface area contributed by atoms with Gasteiger partial charge in [0.2, 0.25) is 0 Å². The molecule has 19 heteroatoms. The van der Waals surface area contributed by atoms with E-state index in [1.807, 2.05) is 0 Å². The Bertz CT molecular complexity index is 1680. The van der Waals surface area contributed by atoms with Crippen molar-refractivity contribution in [2.45, 2.75) is 185 Å². The van der Waals surface area contributed by atoms with Gasteiger partial charge in [-0.1, -0.05) is 111 Å². The number of ether oxygens (including phenoxy) is 5. The first-order valence-electron chi connectivity index (χ1n) is 23.1. The van der Waals surface area contributed by atoms with E-state index >= 15 is 8.78 Å². The summed E-state index contributed by atoms with van der Waals surface area (Å²) in [5, 5.41) is 9.84. The van der Waals surface area contributed by atoms with Crippen molar-refractivity contribution >= 4 is 52.8 Å². The third-order valence-corrected chi connectivity index (χ3v) is 12.4. The zero-order valence-corrected chi connectivity index (χ0v) is 39.9. The molecule has 2 fully saturated rings. The van der Waals surface area contributed by atoms with E-state index in [4.69, 9.17) is 58.4 Å². The molecule has 0 saturated carbocycles. The molecule has 15 nitrogen and oxygen atoms in total. The van der Waals surface area contributed by atoms with Gasteiger partial charge in [-0.15, -0.1) is 23.2 Å². The molecule has 0 aliphatic carbocycles. The van der Waals surface area contributed by atoms with Crippen LogP contribution in [0.3, 0.4) is 0 Å². The molecule has 4 aliphatic heterocycles. The zero-order chi connectivity index (χ0) is 48.0. The van der Waals surface area contributed by atoms with Crippen molar-refractivity contribution in [1.82, 2.24) is 9.80 Å². The Balaban J connectivity index is 0.000000359. The predicted molar refractivity (Wildman–Crippen MR) is 248 cm³/mol. The number of halogens is 4. The highest BCUT2D eigenvalue weighted by molar-refractivity contribution is 6.19. The van der Waals surface area contributed by atoms with E-state index in [1.54, 1.807) is 0 Å². The Hall–Kier alpha value is -3.77. The van der Waals surface area contributed by atoms with E-state index in [0.29, 0.717) is 19.3 Å². The number of hydrogen-bond acceptors (Lipinski definition) is 15. The molecule has 4 aliphatic rings. The van der Waals surface area contributed by atoms with Crippen molar-refractivity contribution in [3.63, 3.8) is 0 Å². The average Bonchev–Trinajstić information content (AvgIpc) is 3.71. The highest BCUT2D eigenvalue weighted by Gasteiger charge is 2.61. The minimum Gasteiger partial charge on any atom is -0.462 e. The first-order chi connectivity index (χ1) is 31.2. The number of esters is 3. The molecule has 0 amide bonds. The first kappa shape index (κ1) is 55.6. The van der Waals surface area contributed by atoms with E-state index in [-0.39, 0.29) is 60.9 Å². The van der Waals surface area contributed by atoms with Crippen LogP contribution in [-0.4, -0.2) is 118 Å². The van der Waals surface area contributed by atoms with E-state index in [1.165, 1.54) is 34.4 Å². The summed E-state index contributed by atoms with van der Waals surface area (Å²) in [5.74, 6) is -1.21. The van der Waals surface area contributed by atoms with E-state index in [0.717, 1.165) is 77.0 Å². The molecular weight excluding hydrogens is 889 g/mol. The third kappa shape index (κ3) is 16.2. The lowest BCUT2D eigenvalue weighted by molar-refractivity contribution is -0.174. The fourth-order valence-corrected chi connectivity index (χ4v) is 8.25. The van der Waals surface area contributed by atoms with Gasteiger partial charge in [0, 0.05) is 31.7 Å². The number of alkyl halides is 4. The van der Waals surface area contributed by atoms with Crippen LogP contribution in [0.25, 0.3) is 0 Å². The number of aliphatic hydroxyl groups excluding tert-OH is 1. The minimum absolute atomic E-state index is 0.157. The van der Waals surface area contributed by atoms with Crippen LogP contribution >= 0.6 is 23.2 Å². The SMILES string of the molecule is C=C1N=C(N)C=CN1[C@@H]1O[C@@](CO)(CCl)[C@@H](OC(=O)CCCCCCC)[C@H]1F.C=C1N=C(N)C=CN1[C@@H]1O[C@](CCl)(COC(=O)CCCCCCC)[C@@H](OC(=O)CCCCCCC)[C@H]1F. The molecule has 0 spiro atoms. The summed E-state index contributed by atoms with van der Waals surface area (Å²) in [6.07, 6.45) is 12.3. The molecule has 8 atom stereocenters. The van der Waals surface area contributed by atoms with Gasteiger partial charge in [0.1, 0.15) is 35.5 Å². The molecule has 0 radical (unpaired) electrons. The van der Waals surface area contributed by atoms with Crippen LogP contribution < -0.4 is 11.5 Å². The number of carbonyl (C=O) groups excluding carboxylic acids is 3. The normalized spacial score (nSPS) is 27.3. The molecule has 0 aromatic heterocycles. The Morgan fingerprint density at radius 2 is 1.05 bits per heavy atom. The topological polar surface area (TPSA) is 201 Å². The van der Waals surface area contributed by atoms with Gasteiger partial charge in [-0.2, -0.15) is 0 Å². The number of amidine groups is 2. The van der Waals surface area contributed by atoms with Gasteiger partial charge < -0.3 is 50.1 Å². The Morgan fingerprint density at radius 1 is 0.677 bits per heavy atom. The summed E-state index contributed by atoms with van der Waals surface area (Å²) in [4.78, 5) is 48.1. The number of carbonyl (C=O) groups is 3. The Morgan fingerprint density at radius 3 is 1.42 bits per heavy atom. The molecule has 2 saturated heterocycles. The average molecular weight is 962 g/mol. The van der Waals surface area contributed by atoms with E-state index < -0.39 is 72.7 Å². The number of unbranched alkanes of at least 4 members (excludes halogenated alkanes) is 12. The summed E-state index contributed by atoms with van der Waals surface area (Å²) < 4.78 is 59.4. The summed E-state index contributed by atoms with van der Waals surface area (Å²) in [7, 11) is 0. The van der Waals surface area contributed by atoms with Crippen molar-refractivity contribution < 1.29 is 52.0 Å². The summed E-state index contributed by atoms with van der Waals surface area (Å²) in [6, 6.07) is 0. The molecule has 0 bridgehead atoms. The quantitative estimate of drug-likeness (QED) is 0.0309. The number of nitrogens with zero attached hydrogens (tertiary/aromatic N) is 4. The van der Waals surface area contributed by atoms with Gasteiger partial charge in [0.05, 0.1) is 18.4 Å². The molecule has 5 N–H and O–H groups in total. The maximum atomic E-state index is 15.9. The molecule has 368 valence electrons. The lowest BCUT2D eigenvalue weighted by Crippen LogP contribution is -2.50. The van der Waals surface area contributed by atoms with Gasteiger partial charge >= 0.3 is 17.9 Å². The second-order valence-corrected chi connectivity index (χ2v) is 17.3. The molecule has 4 heterocycles. The van der Waals surface area contributed by atoms with Crippen LogP contribution in [0.1, 0.15) is 136 Å². The fraction of sp³-hybridized carbons (Fsp3) is 0.717. The van der Waals surface area contributed by atoms with Gasteiger partial charge in [-0.3, -0.25) is 14.4 Å². The monoisotopic (exact) mass is 960 g/mol. The van der Waals surface area contributed by atoms with Crippen LogP contribution in [0.5, 0.6) is 0 Å². The third-order valence-electron chi connectivity index (χ3n) is 11.5. The molecule has 0 aromatic rings. The highest BCUT2D eigenvalue weighted by Crippen LogP contribution is 2.41. The van der Waals surface area contributed by atoms with Crippen LogP contribution in [0.4, 0.5) is 8.78 Å². The number of aliphatic hydroxyl groups is 1. The van der Waals surface area contributed by atoms with Crippen molar-refractivity contribution in [1.29, 1.82) is 0 Å². The summed E-state index contributed by atoms with van der Waals surface area (Å²) >= 11 is 12.3. The maximum absolute atomic E-state index is 15.9. The van der Waals surface area contributed by atoms with Crippen molar-refractivity contribution in [3.8, 4) is 0 Å². The van der Waals surface area contributed by atoms with Gasteiger partial charge in [-0.05, 0) is 31.4 Å². The van der Waals surface area contributed by atoms with Crippen molar-refractivity contribution in [2.75, 3.05) is 25.0 Å². The second-order valence-electron chi connectivity index (χ2n) is 16.8. The fourth-order valence-electron chi connectivity index (χ4n) is 7.66. The number of rotatable bonds is 27. The zero-order valence-electron chi connectivity index (χ0n) is 38.4. The van der Waals surface area contributed by atoms with Gasteiger partial charge in [-0.25, -0.2) is 18.8 Å². The molecule has 0 unspecified atom stereocenters. The van der Waals surface area contributed by atoms with Gasteiger partial charge in [0.15, 0.2) is 42.6 Å². The Labute approximate surface area is 393 Å². The number of nitrogens with two attached hydrogens (primary N) is 2. The molecule has 4 rings (SSSR count). The van der Waals surface area contributed by atoms with Crippen LogP contribution in [0.15, 0.2) is 59.3 Å². The standard InChI is InChI=1S/C27H43ClFN3O5.C19H29ClFN3O4/c1-4-6-8-10-12-14-22(33)35-19-27(18-28)25(36-23(34)15-13-11-9-7-5-2)24(29)26(37-27)32-17-16-21(30)31-20(32)3;1-3-4-5-6-7-8-15(26)27-17-16(21)18(28-19(17,11-20)12-25)24-10-9-14(22)23-13(24)2/h16-17,24-26H,3-15,18-19H2,1-2H3,(H2,30,31);9-10,16-18,25H,2-8,11-12H2,1H3,(H2,22,23)/t24-,25+,26-,27-;16-,17+,18-,19-/m11/s1. The Kier molecular flexibility index (Phi) is 24.3. The minimum atomic E-state index is -1.80. The lowest BCUT2D eigenvalue weighted by atomic mass is 9.98. The summed E-state index contributed by atoms with van der Waals surface area (Å²) in [6.45, 7) is 13.0. The highest BCUT2D eigenvalue weighted by atomic mass is 35.5. The van der Waals surface area contributed by atoms with E-state index in [9.17, 15) is 19.5 Å². The smallest absolute Gasteiger partial charge is 0.306 e. The maximum Gasteiger partial charge on any atom is 0.306 e. The predicted octanol–water partition coefficient (Wildman–Crippen LogP) is 8.07. The van der Waals surface area contributed by atoms with Crippen LogP contribution in [0.2, 0.25) is 0 Å². The van der Waals surface area contributed by atoms with Crippen molar-refractivity contribution in [2.24, 2.45) is 21.5 Å². The van der Waals surface area contributed by atoms with E-state index in [2.05, 4.69) is 43.9 Å².